The molecule has 10 rings (SSSR count). The topological polar surface area (TPSA) is 19.6 Å². The molecule has 0 unspecified atom stereocenters. The summed E-state index contributed by atoms with van der Waals surface area (Å²) in [5.41, 5.74) is 23.6. The van der Waals surface area contributed by atoms with Crippen molar-refractivity contribution in [3.63, 3.8) is 0 Å². The Labute approximate surface area is 354 Å². The highest BCUT2D eigenvalue weighted by molar-refractivity contribution is 7.00. The highest BCUT2D eigenvalue weighted by Gasteiger charge is 2.49. The lowest BCUT2D eigenvalue weighted by Gasteiger charge is -2.47. The predicted molar refractivity (Wildman–Crippen MR) is 254 cm³/mol. The van der Waals surface area contributed by atoms with Crippen LogP contribution in [0.4, 0.5) is 34.1 Å². The molecule has 1 aromatic heterocycles. The molecule has 3 heterocycles. The largest absolute Gasteiger partial charge is 0.468 e. The summed E-state index contributed by atoms with van der Waals surface area (Å²) in [6, 6.07) is 31.5. The monoisotopic (exact) mass is 779 g/mol. The van der Waals surface area contributed by atoms with E-state index in [0.717, 1.165) is 11.2 Å². The van der Waals surface area contributed by atoms with Gasteiger partial charge in [0, 0.05) is 33.8 Å². The van der Waals surface area contributed by atoms with E-state index in [1.54, 1.807) is 0 Å². The van der Waals surface area contributed by atoms with Crippen LogP contribution in [0.25, 0.3) is 11.0 Å². The van der Waals surface area contributed by atoms with Crippen LogP contribution in [0.2, 0.25) is 0 Å². The maximum atomic E-state index is 7.29. The fourth-order valence-electron chi connectivity index (χ4n) is 11.4. The molecule has 0 saturated heterocycles. The second-order valence-corrected chi connectivity index (χ2v) is 22.6. The second-order valence-electron chi connectivity index (χ2n) is 22.6. The molecule has 2 aliphatic heterocycles. The van der Waals surface area contributed by atoms with Crippen molar-refractivity contribution < 1.29 is 4.42 Å². The third-order valence-electron chi connectivity index (χ3n) is 15.3. The van der Waals surface area contributed by atoms with Gasteiger partial charge < -0.3 is 14.2 Å². The van der Waals surface area contributed by atoms with Crippen LogP contribution >= 0.6 is 0 Å². The van der Waals surface area contributed by atoms with Gasteiger partial charge in [0.25, 0.3) is 6.71 Å². The summed E-state index contributed by atoms with van der Waals surface area (Å²) in [5, 5.41) is 1.18. The average Bonchev–Trinajstić information content (AvgIpc) is 3.52. The van der Waals surface area contributed by atoms with Crippen LogP contribution in [-0.4, -0.2) is 6.71 Å². The number of aryl methyl sites for hydroxylation is 3. The van der Waals surface area contributed by atoms with Crippen LogP contribution < -0.4 is 26.4 Å². The van der Waals surface area contributed by atoms with Gasteiger partial charge in [-0.25, -0.2) is 0 Å². The van der Waals surface area contributed by atoms with Gasteiger partial charge in [-0.15, -0.1) is 0 Å². The number of furan rings is 1. The molecule has 0 N–H and O–H groups in total. The molecule has 0 amide bonds. The zero-order chi connectivity index (χ0) is 41.9. The number of hydrogen-bond donors (Lipinski definition) is 0. The molecule has 3 nitrogen and oxygen atoms in total. The fourth-order valence-corrected chi connectivity index (χ4v) is 11.4. The van der Waals surface area contributed by atoms with Gasteiger partial charge in [-0.2, -0.15) is 0 Å². The minimum atomic E-state index is -0.0703. The maximum absolute atomic E-state index is 7.29. The molecule has 4 heteroatoms. The summed E-state index contributed by atoms with van der Waals surface area (Å²) in [4.78, 5) is 5.22. The van der Waals surface area contributed by atoms with E-state index in [1.807, 2.05) is 0 Å². The van der Waals surface area contributed by atoms with E-state index >= 15 is 0 Å². The molecule has 2 aliphatic carbocycles. The van der Waals surface area contributed by atoms with Crippen molar-refractivity contribution in [3.05, 3.63) is 123 Å². The first-order valence-corrected chi connectivity index (χ1v) is 22.3. The summed E-state index contributed by atoms with van der Waals surface area (Å²) in [5.74, 6) is 0. The summed E-state index contributed by atoms with van der Waals surface area (Å²) in [6.45, 7) is 33.3. The van der Waals surface area contributed by atoms with Gasteiger partial charge in [-0.3, -0.25) is 0 Å². The Morgan fingerprint density at radius 1 is 0.542 bits per heavy atom. The van der Waals surface area contributed by atoms with Crippen molar-refractivity contribution in [1.29, 1.82) is 0 Å². The highest BCUT2D eigenvalue weighted by atomic mass is 16.3. The molecule has 0 bridgehead atoms. The number of nitrogens with zero attached hydrogens (tertiary/aromatic N) is 2. The average molecular weight is 779 g/mol. The molecular formula is C55H63BN2O. The van der Waals surface area contributed by atoms with E-state index < -0.39 is 0 Å². The standard InChI is InChI=1S/C55H63BN2O/c1-32-15-20-47-37(25-32)49-50(59-47)56-42-30-40-41(55(13,14)24-23-54(40,11)12)31-44(42)57(36-17-18-38-39(29-36)53(9,10)22-21-52(38,7)8)45-26-33(2)27-46(48(45)56)58(49)43-19-16-35(28-34(43)3)51(4,5)6/h15-20,25-31H,21-24H2,1-14H3. The number of rotatable bonds is 2. The molecule has 0 saturated carbocycles. The third kappa shape index (κ3) is 5.60. The SMILES string of the molecule is Cc1cc2c3c(c1)N(c1ccc(C(C)(C)C)cc1C)c1c(oc4ccc(C)cc14)B3c1cc3c(cc1N2c1ccc2c(c1)C(C)(C)CCC2(C)C)C(C)(C)CCC3(C)C. The molecule has 0 atom stereocenters. The Balaban J connectivity index is 1.33. The molecule has 0 spiro atoms. The summed E-state index contributed by atoms with van der Waals surface area (Å²) < 4.78 is 7.29. The molecule has 4 aliphatic rings. The normalized spacial score (nSPS) is 19.2. The van der Waals surface area contributed by atoms with E-state index in [9.17, 15) is 0 Å². The van der Waals surface area contributed by atoms with Crippen LogP contribution in [-0.2, 0) is 27.1 Å². The first-order valence-electron chi connectivity index (χ1n) is 22.3. The molecule has 5 aromatic carbocycles. The number of anilines is 6. The van der Waals surface area contributed by atoms with Crippen LogP contribution in [0.3, 0.4) is 0 Å². The fraction of sp³-hybridized carbons (Fsp3) is 0.418. The third-order valence-corrected chi connectivity index (χ3v) is 15.3. The Morgan fingerprint density at radius 3 is 1.76 bits per heavy atom. The second kappa shape index (κ2) is 12.2. The van der Waals surface area contributed by atoms with Crippen LogP contribution in [0, 0.1) is 20.8 Å². The van der Waals surface area contributed by atoms with Crippen LogP contribution in [0.1, 0.15) is 146 Å². The van der Waals surface area contributed by atoms with Gasteiger partial charge >= 0.3 is 0 Å². The van der Waals surface area contributed by atoms with E-state index in [4.69, 9.17) is 4.42 Å². The van der Waals surface area contributed by atoms with Crippen LogP contribution in [0.5, 0.6) is 0 Å². The molecule has 0 radical (unpaired) electrons. The Kier molecular flexibility index (Phi) is 7.97. The molecule has 6 aromatic rings. The summed E-state index contributed by atoms with van der Waals surface area (Å²) in [7, 11) is 0. The quantitative estimate of drug-likeness (QED) is 0.163. The van der Waals surface area contributed by atoms with Crippen molar-refractivity contribution in [2.24, 2.45) is 0 Å². The number of fused-ring (bicyclic) bond motifs is 8. The van der Waals surface area contributed by atoms with E-state index in [2.05, 4.69) is 186 Å². The molecular weight excluding hydrogens is 715 g/mol. The van der Waals surface area contributed by atoms with Gasteiger partial charge in [0.05, 0.1) is 11.3 Å². The van der Waals surface area contributed by atoms with Crippen molar-refractivity contribution in [2.75, 3.05) is 9.80 Å². The Hall–Kier alpha value is -4.70. The number of benzene rings is 5. The molecule has 59 heavy (non-hydrogen) atoms. The van der Waals surface area contributed by atoms with Crippen molar-refractivity contribution >= 4 is 68.4 Å². The predicted octanol–water partition coefficient (Wildman–Crippen LogP) is 13.4. The van der Waals surface area contributed by atoms with Gasteiger partial charge in [0.1, 0.15) is 5.58 Å². The number of hydrogen-bond acceptors (Lipinski definition) is 3. The van der Waals surface area contributed by atoms with E-state index in [0.29, 0.717) is 0 Å². The van der Waals surface area contributed by atoms with Crippen LogP contribution in [0.15, 0.2) is 83.3 Å². The van der Waals surface area contributed by atoms with E-state index in [-0.39, 0.29) is 33.8 Å². The summed E-state index contributed by atoms with van der Waals surface area (Å²) >= 11 is 0. The summed E-state index contributed by atoms with van der Waals surface area (Å²) in [6.07, 6.45) is 4.73. The lowest BCUT2D eigenvalue weighted by Crippen LogP contribution is -2.61. The minimum Gasteiger partial charge on any atom is -0.468 e. The lowest BCUT2D eigenvalue weighted by molar-refractivity contribution is 0.332. The van der Waals surface area contributed by atoms with Gasteiger partial charge in [0.15, 0.2) is 0 Å². The van der Waals surface area contributed by atoms with Gasteiger partial charge in [0.2, 0.25) is 0 Å². The molecule has 302 valence electrons. The van der Waals surface area contributed by atoms with Gasteiger partial charge in [-0.05, 0) is 172 Å². The maximum Gasteiger partial charge on any atom is 0.297 e. The first kappa shape index (κ1) is 38.5. The Morgan fingerprint density at radius 2 is 1.14 bits per heavy atom. The Bertz CT molecular complexity index is 2770. The minimum absolute atomic E-state index is 0.0493. The smallest absolute Gasteiger partial charge is 0.297 e. The van der Waals surface area contributed by atoms with Crippen molar-refractivity contribution in [1.82, 2.24) is 0 Å². The highest BCUT2D eigenvalue weighted by Crippen LogP contribution is 2.53. The zero-order valence-corrected chi connectivity index (χ0v) is 38.2. The van der Waals surface area contributed by atoms with Gasteiger partial charge in [-0.1, -0.05) is 112 Å². The van der Waals surface area contributed by atoms with Crippen molar-refractivity contribution in [3.8, 4) is 0 Å². The van der Waals surface area contributed by atoms with E-state index in [1.165, 1.54) is 121 Å². The lowest BCUT2D eigenvalue weighted by atomic mass is 9.35. The first-order chi connectivity index (χ1) is 27.6. The molecule has 0 fully saturated rings. The van der Waals surface area contributed by atoms with Crippen molar-refractivity contribution in [2.45, 2.75) is 150 Å². The zero-order valence-electron chi connectivity index (χ0n) is 38.2.